The summed E-state index contributed by atoms with van der Waals surface area (Å²) in [6.45, 7) is 3.11. The summed E-state index contributed by atoms with van der Waals surface area (Å²) in [5.41, 5.74) is 1.77. The number of carbonyl (C=O) groups excluding carboxylic acids is 2. The molecule has 0 aromatic heterocycles. The first-order valence-electron chi connectivity index (χ1n) is 9.12. The van der Waals surface area contributed by atoms with Gasteiger partial charge in [-0.25, -0.2) is 9.18 Å². The smallest absolute Gasteiger partial charge is 0.337 e. The molecule has 1 atom stereocenters. The van der Waals surface area contributed by atoms with Gasteiger partial charge in [0.2, 0.25) is 0 Å². The molecule has 0 aliphatic carbocycles. The van der Waals surface area contributed by atoms with Gasteiger partial charge in [0.1, 0.15) is 5.82 Å². The van der Waals surface area contributed by atoms with E-state index >= 15 is 0 Å². The Morgan fingerprint density at radius 1 is 1.07 bits per heavy atom. The van der Waals surface area contributed by atoms with Crippen LogP contribution in [0.5, 0.6) is 0 Å². The molecule has 7 heteroatoms. The monoisotopic (exact) mass is 386 g/mol. The van der Waals surface area contributed by atoms with Crippen LogP contribution in [-0.4, -0.2) is 56.7 Å². The van der Waals surface area contributed by atoms with E-state index in [1.165, 1.54) is 19.2 Å². The third-order valence-electron chi connectivity index (χ3n) is 4.77. The SMILES string of the molecule is COC(=O)c1ccc(C(=O)NCC(c2ccc(F)cc2)N2CCOCC2)cc1. The number of benzene rings is 2. The van der Waals surface area contributed by atoms with Gasteiger partial charge in [-0.15, -0.1) is 0 Å². The largest absolute Gasteiger partial charge is 0.465 e. The molecule has 2 aromatic rings. The van der Waals surface area contributed by atoms with E-state index in [0.29, 0.717) is 30.9 Å². The standard InChI is InChI=1S/C21H23FN2O4/c1-27-21(26)17-4-2-16(3-5-17)20(25)23-14-19(24-10-12-28-13-11-24)15-6-8-18(22)9-7-15/h2-9,19H,10-14H2,1H3,(H,23,25). The number of amides is 1. The third kappa shape index (κ3) is 4.94. The van der Waals surface area contributed by atoms with Gasteiger partial charge in [0.15, 0.2) is 0 Å². The second-order valence-corrected chi connectivity index (χ2v) is 6.49. The summed E-state index contributed by atoms with van der Waals surface area (Å²) in [5.74, 6) is -0.980. The number of hydrogen-bond donors (Lipinski definition) is 1. The van der Waals surface area contributed by atoms with E-state index in [0.717, 1.165) is 18.7 Å². The molecule has 0 bridgehead atoms. The van der Waals surface area contributed by atoms with E-state index in [2.05, 4.69) is 15.0 Å². The van der Waals surface area contributed by atoms with Crippen LogP contribution in [-0.2, 0) is 9.47 Å². The zero-order valence-electron chi connectivity index (χ0n) is 15.7. The average Bonchev–Trinajstić information content (AvgIpc) is 2.75. The van der Waals surface area contributed by atoms with Gasteiger partial charge >= 0.3 is 5.97 Å². The zero-order valence-corrected chi connectivity index (χ0v) is 15.7. The number of halogens is 1. The van der Waals surface area contributed by atoms with Gasteiger partial charge in [0.05, 0.1) is 31.9 Å². The Morgan fingerprint density at radius 3 is 2.29 bits per heavy atom. The molecular formula is C21H23FN2O4. The topological polar surface area (TPSA) is 67.9 Å². The fourth-order valence-electron chi connectivity index (χ4n) is 3.20. The fraction of sp³-hybridized carbons (Fsp3) is 0.333. The highest BCUT2D eigenvalue weighted by atomic mass is 19.1. The highest BCUT2D eigenvalue weighted by Gasteiger charge is 2.23. The van der Waals surface area contributed by atoms with Gasteiger partial charge in [-0.1, -0.05) is 12.1 Å². The molecular weight excluding hydrogens is 363 g/mol. The lowest BCUT2D eigenvalue weighted by atomic mass is 10.0. The third-order valence-corrected chi connectivity index (χ3v) is 4.77. The Balaban J connectivity index is 1.69. The van der Waals surface area contributed by atoms with E-state index in [1.54, 1.807) is 36.4 Å². The molecule has 0 saturated carbocycles. The normalized spacial score (nSPS) is 15.6. The van der Waals surface area contributed by atoms with E-state index in [9.17, 15) is 14.0 Å². The molecule has 3 rings (SSSR count). The van der Waals surface area contributed by atoms with Crippen LogP contribution in [0, 0.1) is 5.82 Å². The molecule has 1 amide bonds. The second kappa shape index (κ2) is 9.43. The van der Waals surface area contributed by atoms with Crippen LogP contribution in [0.15, 0.2) is 48.5 Å². The minimum absolute atomic E-state index is 0.0807. The van der Waals surface area contributed by atoms with Gasteiger partial charge in [-0.3, -0.25) is 9.69 Å². The molecule has 1 aliphatic rings. The predicted molar refractivity (Wildman–Crippen MR) is 102 cm³/mol. The Morgan fingerprint density at radius 2 is 1.68 bits per heavy atom. The second-order valence-electron chi connectivity index (χ2n) is 6.49. The van der Waals surface area contributed by atoms with Crippen LogP contribution in [0.4, 0.5) is 4.39 Å². The molecule has 1 unspecified atom stereocenters. The molecule has 148 valence electrons. The molecule has 0 radical (unpaired) electrons. The zero-order chi connectivity index (χ0) is 19.9. The number of rotatable bonds is 6. The Bertz CT molecular complexity index is 802. The summed E-state index contributed by atoms with van der Waals surface area (Å²) < 4.78 is 23.4. The summed E-state index contributed by atoms with van der Waals surface area (Å²) in [5, 5.41) is 2.94. The van der Waals surface area contributed by atoms with Gasteiger partial charge < -0.3 is 14.8 Å². The van der Waals surface area contributed by atoms with Crippen LogP contribution in [0.3, 0.4) is 0 Å². The Hall–Kier alpha value is -2.77. The van der Waals surface area contributed by atoms with Crippen LogP contribution in [0.2, 0.25) is 0 Å². The average molecular weight is 386 g/mol. The van der Waals surface area contributed by atoms with Crippen molar-refractivity contribution in [2.24, 2.45) is 0 Å². The highest BCUT2D eigenvalue weighted by molar-refractivity contribution is 5.96. The quantitative estimate of drug-likeness (QED) is 0.773. The van der Waals surface area contributed by atoms with Crippen LogP contribution in [0.25, 0.3) is 0 Å². The fourth-order valence-corrected chi connectivity index (χ4v) is 3.20. The molecule has 1 heterocycles. The minimum atomic E-state index is -0.448. The van der Waals surface area contributed by atoms with Gasteiger partial charge in [-0.2, -0.15) is 0 Å². The van der Waals surface area contributed by atoms with Crippen molar-refractivity contribution < 1.29 is 23.5 Å². The summed E-state index contributed by atoms with van der Waals surface area (Å²) in [4.78, 5) is 26.3. The summed E-state index contributed by atoms with van der Waals surface area (Å²) in [7, 11) is 1.31. The van der Waals surface area contributed by atoms with Crippen LogP contribution in [0.1, 0.15) is 32.3 Å². The summed E-state index contributed by atoms with van der Waals surface area (Å²) in [6.07, 6.45) is 0. The van der Waals surface area contributed by atoms with E-state index < -0.39 is 5.97 Å². The number of nitrogens with one attached hydrogen (secondary N) is 1. The summed E-state index contributed by atoms with van der Waals surface area (Å²) in [6, 6.07) is 12.5. The molecule has 1 N–H and O–H groups in total. The van der Waals surface area contributed by atoms with Crippen molar-refractivity contribution in [3.8, 4) is 0 Å². The lowest BCUT2D eigenvalue weighted by molar-refractivity contribution is 0.0162. The Labute approximate surface area is 163 Å². The molecule has 6 nitrogen and oxygen atoms in total. The first-order chi connectivity index (χ1) is 13.6. The van der Waals surface area contributed by atoms with E-state index in [-0.39, 0.29) is 17.8 Å². The van der Waals surface area contributed by atoms with Crippen LogP contribution < -0.4 is 5.32 Å². The summed E-state index contributed by atoms with van der Waals surface area (Å²) >= 11 is 0. The van der Waals surface area contributed by atoms with E-state index in [4.69, 9.17) is 4.74 Å². The van der Waals surface area contributed by atoms with Crippen molar-refractivity contribution in [2.75, 3.05) is 40.0 Å². The van der Waals surface area contributed by atoms with Crippen LogP contribution >= 0.6 is 0 Å². The molecule has 0 spiro atoms. The first-order valence-corrected chi connectivity index (χ1v) is 9.12. The first kappa shape index (κ1) is 20.0. The number of esters is 1. The number of methoxy groups -OCH3 is 1. The van der Waals surface area contributed by atoms with Gasteiger partial charge in [0.25, 0.3) is 5.91 Å². The predicted octanol–water partition coefficient (Wildman–Crippen LogP) is 2.42. The highest BCUT2D eigenvalue weighted by Crippen LogP contribution is 2.22. The maximum absolute atomic E-state index is 13.3. The lowest BCUT2D eigenvalue weighted by Crippen LogP contribution is -2.43. The maximum atomic E-state index is 13.3. The van der Waals surface area contributed by atoms with Gasteiger partial charge in [-0.05, 0) is 42.0 Å². The number of morpholine rings is 1. The van der Waals surface area contributed by atoms with Crippen molar-refractivity contribution in [3.63, 3.8) is 0 Å². The maximum Gasteiger partial charge on any atom is 0.337 e. The Kier molecular flexibility index (Phi) is 6.73. The van der Waals surface area contributed by atoms with Crippen molar-refractivity contribution in [3.05, 3.63) is 71.0 Å². The van der Waals surface area contributed by atoms with E-state index in [1.807, 2.05) is 0 Å². The molecule has 28 heavy (non-hydrogen) atoms. The lowest BCUT2D eigenvalue weighted by Gasteiger charge is -2.35. The van der Waals surface area contributed by atoms with Gasteiger partial charge in [0, 0.05) is 25.2 Å². The number of hydrogen-bond acceptors (Lipinski definition) is 5. The molecule has 1 saturated heterocycles. The van der Waals surface area contributed by atoms with Crippen molar-refractivity contribution in [1.29, 1.82) is 0 Å². The molecule has 1 fully saturated rings. The van der Waals surface area contributed by atoms with Crippen molar-refractivity contribution in [2.45, 2.75) is 6.04 Å². The number of carbonyl (C=O) groups is 2. The number of ether oxygens (including phenoxy) is 2. The molecule has 1 aliphatic heterocycles. The van der Waals surface area contributed by atoms with Crippen molar-refractivity contribution in [1.82, 2.24) is 10.2 Å². The molecule has 2 aromatic carbocycles. The van der Waals surface area contributed by atoms with Crippen molar-refractivity contribution >= 4 is 11.9 Å². The minimum Gasteiger partial charge on any atom is -0.465 e. The number of nitrogens with zero attached hydrogens (tertiary/aromatic N) is 1.